The van der Waals surface area contributed by atoms with E-state index in [2.05, 4.69) is 30.2 Å². The Balaban J connectivity index is 1.91. The summed E-state index contributed by atoms with van der Waals surface area (Å²) in [4.78, 5) is 6.67. The summed E-state index contributed by atoms with van der Waals surface area (Å²) in [5, 5.41) is 10.9. The van der Waals surface area contributed by atoms with E-state index in [9.17, 15) is 5.11 Å². The number of rotatable bonds is 3. The van der Waals surface area contributed by atoms with Gasteiger partial charge in [0.15, 0.2) is 0 Å². The summed E-state index contributed by atoms with van der Waals surface area (Å²) in [6, 6.07) is 0. The Morgan fingerprint density at radius 1 is 1.33 bits per heavy atom. The van der Waals surface area contributed by atoms with E-state index in [-0.39, 0.29) is 11.5 Å². The zero-order valence-electron chi connectivity index (χ0n) is 13.3. The Bertz CT molecular complexity index is 602. The van der Waals surface area contributed by atoms with Gasteiger partial charge in [-0.2, -0.15) is 0 Å². The number of aliphatic hydroxyl groups excluding tert-OH is 1. The molecule has 21 heavy (non-hydrogen) atoms. The van der Waals surface area contributed by atoms with E-state index in [1.807, 2.05) is 12.5 Å². The summed E-state index contributed by atoms with van der Waals surface area (Å²) in [6.45, 7) is 6.67. The molecule has 1 unspecified atom stereocenters. The molecule has 1 aliphatic rings. The minimum Gasteiger partial charge on any atom is -0.387 e. The highest BCUT2D eigenvalue weighted by atomic mass is 32.1. The van der Waals surface area contributed by atoms with Crippen molar-refractivity contribution >= 4 is 16.2 Å². The SMILES string of the molecule is CC(C)(C)c1sc2cncn2c1C(O)CC1CCCCC1. The number of hydrogen-bond acceptors (Lipinski definition) is 3. The van der Waals surface area contributed by atoms with Crippen LogP contribution in [0.5, 0.6) is 0 Å². The molecule has 1 atom stereocenters. The maximum Gasteiger partial charge on any atom is 0.120 e. The van der Waals surface area contributed by atoms with Crippen LogP contribution in [-0.4, -0.2) is 14.5 Å². The molecule has 0 aromatic carbocycles. The molecule has 0 bridgehead atoms. The number of fused-ring (bicyclic) bond motifs is 1. The van der Waals surface area contributed by atoms with Gasteiger partial charge >= 0.3 is 0 Å². The Morgan fingerprint density at radius 3 is 2.71 bits per heavy atom. The fraction of sp³-hybridized carbons (Fsp3) is 0.706. The molecule has 4 heteroatoms. The van der Waals surface area contributed by atoms with Gasteiger partial charge in [-0.3, -0.25) is 4.40 Å². The molecule has 0 saturated heterocycles. The average Bonchev–Trinajstić information content (AvgIpc) is 2.98. The Hall–Kier alpha value is -0.870. The lowest BCUT2D eigenvalue weighted by Crippen LogP contribution is -2.18. The Kier molecular flexibility index (Phi) is 4.10. The average molecular weight is 306 g/mol. The second-order valence-corrected chi connectivity index (χ2v) is 8.45. The van der Waals surface area contributed by atoms with Crippen LogP contribution >= 0.6 is 11.3 Å². The quantitative estimate of drug-likeness (QED) is 0.892. The smallest absolute Gasteiger partial charge is 0.120 e. The summed E-state index contributed by atoms with van der Waals surface area (Å²) in [6.07, 6.45) is 10.8. The summed E-state index contributed by atoms with van der Waals surface area (Å²) in [5.41, 5.74) is 1.14. The van der Waals surface area contributed by atoms with Gasteiger partial charge < -0.3 is 5.11 Å². The van der Waals surface area contributed by atoms with E-state index in [1.165, 1.54) is 37.0 Å². The summed E-state index contributed by atoms with van der Waals surface area (Å²) < 4.78 is 2.10. The van der Waals surface area contributed by atoms with Crippen molar-refractivity contribution < 1.29 is 5.11 Å². The van der Waals surface area contributed by atoms with Crippen molar-refractivity contribution in [2.45, 2.75) is 70.8 Å². The molecule has 0 amide bonds. The van der Waals surface area contributed by atoms with Crippen LogP contribution in [-0.2, 0) is 5.41 Å². The highest BCUT2D eigenvalue weighted by molar-refractivity contribution is 7.17. The Labute approximate surface area is 131 Å². The van der Waals surface area contributed by atoms with Gasteiger partial charge in [0.25, 0.3) is 0 Å². The number of aliphatic hydroxyl groups is 1. The molecule has 1 aliphatic carbocycles. The number of nitrogens with zero attached hydrogens (tertiary/aromatic N) is 2. The molecule has 3 rings (SSSR count). The second-order valence-electron chi connectivity index (χ2n) is 7.42. The van der Waals surface area contributed by atoms with Crippen LogP contribution in [0, 0.1) is 5.92 Å². The molecular weight excluding hydrogens is 280 g/mol. The number of thiazole rings is 1. The third kappa shape index (κ3) is 3.02. The minimum absolute atomic E-state index is 0.0621. The fourth-order valence-corrected chi connectivity index (χ4v) is 4.72. The van der Waals surface area contributed by atoms with Crippen molar-refractivity contribution in [3.8, 4) is 0 Å². The zero-order valence-corrected chi connectivity index (χ0v) is 14.1. The molecule has 2 aromatic heterocycles. The largest absolute Gasteiger partial charge is 0.387 e. The lowest BCUT2D eigenvalue weighted by Gasteiger charge is -2.26. The predicted octanol–water partition coefficient (Wildman–Crippen LogP) is 4.70. The molecule has 0 radical (unpaired) electrons. The van der Waals surface area contributed by atoms with Gasteiger partial charge in [-0.15, -0.1) is 11.3 Å². The van der Waals surface area contributed by atoms with Gasteiger partial charge in [-0.25, -0.2) is 4.98 Å². The molecular formula is C17H26N2OS. The van der Waals surface area contributed by atoms with Gasteiger partial charge in [0.1, 0.15) is 11.2 Å². The highest BCUT2D eigenvalue weighted by Crippen LogP contribution is 2.40. The molecule has 0 aliphatic heterocycles. The van der Waals surface area contributed by atoms with Crippen molar-refractivity contribution in [2.75, 3.05) is 0 Å². The third-order valence-electron chi connectivity index (χ3n) is 4.58. The van der Waals surface area contributed by atoms with Crippen molar-refractivity contribution in [3.63, 3.8) is 0 Å². The van der Waals surface area contributed by atoms with Crippen molar-refractivity contribution in [2.24, 2.45) is 5.92 Å². The highest BCUT2D eigenvalue weighted by Gasteiger charge is 2.29. The molecule has 116 valence electrons. The third-order valence-corrected chi connectivity index (χ3v) is 6.12. The van der Waals surface area contributed by atoms with Crippen molar-refractivity contribution in [3.05, 3.63) is 23.1 Å². The number of hydrogen-bond donors (Lipinski definition) is 1. The van der Waals surface area contributed by atoms with Crippen molar-refractivity contribution in [1.82, 2.24) is 9.38 Å². The van der Waals surface area contributed by atoms with Crippen LogP contribution in [0.4, 0.5) is 0 Å². The first-order valence-corrected chi connectivity index (χ1v) is 8.92. The molecule has 3 nitrogen and oxygen atoms in total. The number of aromatic nitrogens is 2. The van der Waals surface area contributed by atoms with E-state index in [1.54, 1.807) is 11.3 Å². The minimum atomic E-state index is -0.370. The monoisotopic (exact) mass is 306 g/mol. The first kappa shape index (κ1) is 15.0. The summed E-state index contributed by atoms with van der Waals surface area (Å²) in [7, 11) is 0. The van der Waals surface area contributed by atoms with Gasteiger partial charge in [0.2, 0.25) is 0 Å². The van der Waals surface area contributed by atoms with Crippen LogP contribution in [0.2, 0.25) is 0 Å². The lowest BCUT2D eigenvalue weighted by atomic mass is 9.83. The summed E-state index contributed by atoms with van der Waals surface area (Å²) in [5.74, 6) is 0.681. The van der Waals surface area contributed by atoms with E-state index in [4.69, 9.17) is 0 Å². The van der Waals surface area contributed by atoms with E-state index < -0.39 is 0 Å². The van der Waals surface area contributed by atoms with Crippen LogP contribution in [0.3, 0.4) is 0 Å². The molecule has 1 saturated carbocycles. The van der Waals surface area contributed by atoms with Crippen LogP contribution in [0.15, 0.2) is 12.5 Å². The van der Waals surface area contributed by atoms with E-state index >= 15 is 0 Å². The van der Waals surface area contributed by atoms with Gasteiger partial charge in [-0.1, -0.05) is 52.9 Å². The van der Waals surface area contributed by atoms with Crippen molar-refractivity contribution in [1.29, 1.82) is 0 Å². The van der Waals surface area contributed by atoms with E-state index in [0.29, 0.717) is 5.92 Å². The predicted molar refractivity (Wildman–Crippen MR) is 87.9 cm³/mol. The molecule has 2 heterocycles. The number of imidazole rings is 1. The van der Waals surface area contributed by atoms with Crippen LogP contribution in [0.25, 0.3) is 4.83 Å². The maximum absolute atomic E-state index is 10.9. The van der Waals surface area contributed by atoms with Gasteiger partial charge in [0.05, 0.1) is 18.0 Å². The Morgan fingerprint density at radius 2 is 2.05 bits per heavy atom. The van der Waals surface area contributed by atoms with E-state index in [0.717, 1.165) is 16.9 Å². The second kappa shape index (κ2) is 5.73. The zero-order chi connectivity index (χ0) is 15.0. The fourth-order valence-electron chi connectivity index (χ4n) is 3.50. The maximum atomic E-state index is 10.9. The normalized spacial score (nSPS) is 19.2. The molecule has 1 N–H and O–H groups in total. The van der Waals surface area contributed by atoms with Crippen LogP contribution in [0.1, 0.15) is 76.0 Å². The van der Waals surface area contributed by atoms with Crippen LogP contribution < -0.4 is 0 Å². The molecule has 1 fully saturated rings. The molecule has 0 spiro atoms. The standard InChI is InChI=1S/C17H26N2OS/c1-17(2,3)16-15(19-11-18-10-14(19)21-16)13(20)9-12-7-5-4-6-8-12/h10-13,20H,4-9H2,1-3H3. The lowest BCUT2D eigenvalue weighted by molar-refractivity contribution is 0.125. The first-order valence-electron chi connectivity index (χ1n) is 8.10. The van der Waals surface area contributed by atoms with Gasteiger partial charge in [-0.05, 0) is 17.8 Å². The molecule has 2 aromatic rings. The van der Waals surface area contributed by atoms with Gasteiger partial charge in [0, 0.05) is 4.88 Å². The summed E-state index contributed by atoms with van der Waals surface area (Å²) >= 11 is 1.77. The topological polar surface area (TPSA) is 37.5 Å². The first-order chi connectivity index (χ1) is 9.97.